The highest BCUT2D eigenvalue weighted by atomic mass is 16.5. The molecule has 33 heavy (non-hydrogen) atoms. The van der Waals surface area contributed by atoms with E-state index in [9.17, 15) is 9.59 Å². The number of nitrogens with zero attached hydrogens (tertiary/aromatic N) is 2. The van der Waals surface area contributed by atoms with Crippen molar-refractivity contribution in [2.24, 2.45) is 0 Å². The van der Waals surface area contributed by atoms with Gasteiger partial charge in [-0.3, -0.25) is 9.59 Å². The average Bonchev–Trinajstić information content (AvgIpc) is 3.21. The Bertz CT molecular complexity index is 1150. The number of rotatable bonds is 6. The van der Waals surface area contributed by atoms with Crippen molar-refractivity contribution in [1.29, 1.82) is 0 Å². The molecule has 2 heterocycles. The predicted octanol–water partition coefficient (Wildman–Crippen LogP) is 4.05. The summed E-state index contributed by atoms with van der Waals surface area (Å²) in [4.78, 5) is 25.2. The second-order valence-electron chi connectivity index (χ2n) is 9.21. The maximum absolute atomic E-state index is 12.8. The molecule has 7 heteroatoms. The first-order valence-corrected chi connectivity index (χ1v) is 11.2. The first kappa shape index (κ1) is 22.7. The van der Waals surface area contributed by atoms with Gasteiger partial charge in [0.05, 0.1) is 35.8 Å². The molecule has 4 rings (SSSR count). The Kier molecular flexibility index (Phi) is 6.60. The van der Waals surface area contributed by atoms with E-state index in [1.165, 1.54) is 0 Å². The molecule has 1 atom stereocenters. The van der Waals surface area contributed by atoms with Crippen molar-refractivity contribution in [1.82, 2.24) is 15.1 Å². The van der Waals surface area contributed by atoms with Crippen LogP contribution in [0, 0.1) is 6.92 Å². The van der Waals surface area contributed by atoms with Gasteiger partial charge in [0.2, 0.25) is 5.91 Å². The number of carbonyl (C=O) groups excluding carboxylic acids is 2. The van der Waals surface area contributed by atoms with Crippen LogP contribution in [0.15, 0.2) is 60.9 Å². The molecule has 3 aromatic rings. The van der Waals surface area contributed by atoms with Gasteiger partial charge in [-0.15, -0.1) is 0 Å². The van der Waals surface area contributed by atoms with E-state index in [0.29, 0.717) is 24.3 Å². The lowest BCUT2D eigenvalue weighted by Gasteiger charge is -2.35. The Morgan fingerprint density at radius 2 is 2.00 bits per heavy atom. The first-order chi connectivity index (χ1) is 15.8. The second kappa shape index (κ2) is 9.58. The fourth-order valence-corrected chi connectivity index (χ4v) is 4.15. The summed E-state index contributed by atoms with van der Waals surface area (Å²) in [6, 6.07) is 15.3. The number of aromatic nitrogens is 2. The van der Waals surface area contributed by atoms with Crippen LogP contribution in [0.4, 0.5) is 5.69 Å². The van der Waals surface area contributed by atoms with E-state index in [-0.39, 0.29) is 23.5 Å². The summed E-state index contributed by atoms with van der Waals surface area (Å²) < 4.78 is 7.38. The maximum atomic E-state index is 12.8. The van der Waals surface area contributed by atoms with Crippen molar-refractivity contribution in [3.8, 4) is 5.69 Å². The van der Waals surface area contributed by atoms with E-state index in [1.54, 1.807) is 29.2 Å². The largest absolute Gasteiger partial charge is 0.375 e. The SMILES string of the molecule is Cc1cccc(CC(=O)Nc2cnn(-c3cccc(C(=O)NC4CCOC(C)(C)C4)c3)c2)c1. The molecule has 1 aliphatic heterocycles. The van der Waals surface area contributed by atoms with Gasteiger partial charge in [-0.25, -0.2) is 4.68 Å². The second-order valence-corrected chi connectivity index (χ2v) is 9.21. The van der Waals surface area contributed by atoms with E-state index in [1.807, 2.05) is 57.2 Å². The predicted molar refractivity (Wildman–Crippen MR) is 128 cm³/mol. The molecule has 7 nitrogen and oxygen atoms in total. The molecule has 1 saturated heterocycles. The summed E-state index contributed by atoms with van der Waals surface area (Å²) in [5, 5.41) is 10.4. The fraction of sp³-hybridized carbons (Fsp3) is 0.346. The zero-order valence-corrected chi connectivity index (χ0v) is 19.3. The Labute approximate surface area is 194 Å². The summed E-state index contributed by atoms with van der Waals surface area (Å²) in [5.41, 5.74) is 3.77. The van der Waals surface area contributed by atoms with Crippen molar-refractivity contribution in [2.75, 3.05) is 11.9 Å². The van der Waals surface area contributed by atoms with Crippen molar-refractivity contribution in [3.63, 3.8) is 0 Å². The Hall–Kier alpha value is -3.45. The number of amides is 2. The fourth-order valence-electron chi connectivity index (χ4n) is 4.15. The molecule has 1 aromatic heterocycles. The molecule has 0 spiro atoms. The summed E-state index contributed by atoms with van der Waals surface area (Å²) in [5.74, 6) is -0.217. The highest BCUT2D eigenvalue weighted by Crippen LogP contribution is 2.24. The molecule has 1 unspecified atom stereocenters. The molecule has 0 aliphatic carbocycles. The van der Waals surface area contributed by atoms with Gasteiger partial charge < -0.3 is 15.4 Å². The van der Waals surface area contributed by atoms with E-state index in [0.717, 1.165) is 29.7 Å². The van der Waals surface area contributed by atoms with Gasteiger partial charge in [-0.1, -0.05) is 35.9 Å². The number of anilines is 1. The lowest BCUT2D eigenvalue weighted by atomic mass is 9.94. The molecular weight excluding hydrogens is 416 g/mol. The van der Waals surface area contributed by atoms with Crippen LogP contribution < -0.4 is 10.6 Å². The number of hydrogen-bond donors (Lipinski definition) is 2. The zero-order chi connectivity index (χ0) is 23.4. The number of hydrogen-bond acceptors (Lipinski definition) is 4. The molecule has 1 aliphatic rings. The van der Waals surface area contributed by atoms with Crippen LogP contribution >= 0.6 is 0 Å². The van der Waals surface area contributed by atoms with Gasteiger partial charge in [0.1, 0.15) is 0 Å². The molecule has 0 radical (unpaired) electrons. The first-order valence-electron chi connectivity index (χ1n) is 11.2. The average molecular weight is 447 g/mol. The molecule has 0 saturated carbocycles. The molecule has 2 aromatic carbocycles. The number of aryl methyl sites for hydroxylation is 1. The lowest BCUT2D eigenvalue weighted by Crippen LogP contribution is -2.45. The van der Waals surface area contributed by atoms with Gasteiger partial charge >= 0.3 is 0 Å². The van der Waals surface area contributed by atoms with Crippen LogP contribution in [-0.4, -0.2) is 39.8 Å². The van der Waals surface area contributed by atoms with Crippen molar-refractivity contribution >= 4 is 17.5 Å². The van der Waals surface area contributed by atoms with Crippen LogP contribution in [0.3, 0.4) is 0 Å². The van der Waals surface area contributed by atoms with E-state index in [4.69, 9.17) is 4.74 Å². The van der Waals surface area contributed by atoms with Gasteiger partial charge in [0.25, 0.3) is 5.91 Å². The minimum Gasteiger partial charge on any atom is -0.375 e. The molecule has 2 N–H and O–H groups in total. The van der Waals surface area contributed by atoms with Crippen LogP contribution in [0.25, 0.3) is 5.69 Å². The summed E-state index contributed by atoms with van der Waals surface area (Å²) in [7, 11) is 0. The van der Waals surface area contributed by atoms with Crippen molar-refractivity contribution in [2.45, 2.75) is 51.7 Å². The van der Waals surface area contributed by atoms with Crippen LogP contribution in [-0.2, 0) is 16.0 Å². The molecule has 172 valence electrons. The van der Waals surface area contributed by atoms with E-state index >= 15 is 0 Å². The van der Waals surface area contributed by atoms with Gasteiger partial charge in [-0.2, -0.15) is 5.10 Å². The van der Waals surface area contributed by atoms with E-state index < -0.39 is 0 Å². The quantitative estimate of drug-likeness (QED) is 0.598. The third-order valence-electron chi connectivity index (χ3n) is 5.72. The molecule has 1 fully saturated rings. The standard InChI is InChI=1S/C26H30N4O3/c1-18-6-4-7-19(12-18)13-24(31)28-22-16-27-30(17-22)23-9-5-8-20(14-23)25(32)29-21-10-11-33-26(2,3)15-21/h4-9,12,14,16-17,21H,10-11,13,15H2,1-3H3,(H,28,31)(H,29,32). The lowest BCUT2D eigenvalue weighted by molar-refractivity contribution is -0.115. The molecule has 2 amide bonds. The minimum absolute atomic E-state index is 0.0878. The number of carbonyl (C=O) groups is 2. The third-order valence-corrected chi connectivity index (χ3v) is 5.72. The van der Waals surface area contributed by atoms with Crippen LogP contribution in [0.1, 0.15) is 48.2 Å². The summed E-state index contributed by atoms with van der Waals surface area (Å²) >= 11 is 0. The zero-order valence-electron chi connectivity index (χ0n) is 19.3. The van der Waals surface area contributed by atoms with Crippen molar-refractivity contribution < 1.29 is 14.3 Å². The number of ether oxygens (including phenoxy) is 1. The maximum Gasteiger partial charge on any atom is 0.251 e. The van der Waals surface area contributed by atoms with Crippen LogP contribution in [0.5, 0.6) is 0 Å². The van der Waals surface area contributed by atoms with E-state index in [2.05, 4.69) is 15.7 Å². The Morgan fingerprint density at radius 1 is 1.18 bits per heavy atom. The number of nitrogens with one attached hydrogen (secondary N) is 2. The minimum atomic E-state index is -0.229. The van der Waals surface area contributed by atoms with Gasteiger partial charge in [0, 0.05) is 18.2 Å². The number of benzene rings is 2. The van der Waals surface area contributed by atoms with Crippen LogP contribution in [0.2, 0.25) is 0 Å². The topological polar surface area (TPSA) is 85.2 Å². The third kappa shape index (κ3) is 6.08. The smallest absolute Gasteiger partial charge is 0.251 e. The normalized spacial score (nSPS) is 17.4. The molecular formula is C26H30N4O3. The highest BCUT2D eigenvalue weighted by molar-refractivity contribution is 5.95. The molecule has 0 bridgehead atoms. The highest BCUT2D eigenvalue weighted by Gasteiger charge is 2.29. The Balaban J connectivity index is 1.39. The monoisotopic (exact) mass is 446 g/mol. The Morgan fingerprint density at radius 3 is 2.79 bits per heavy atom. The van der Waals surface area contributed by atoms with Crippen molar-refractivity contribution in [3.05, 3.63) is 77.6 Å². The summed E-state index contributed by atoms with van der Waals surface area (Å²) in [6.45, 7) is 6.73. The summed E-state index contributed by atoms with van der Waals surface area (Å²) in [6.07, 6.45) is 5.23. The van der Waals surface area contributed by atoms with Gasteiger partial charge in [0.15, 0.2) is 0 Å². The van der Waals surface area contributed by atoms with Gasteiger partial charge in [-0.05, 0) is 57.4 Å².